The van der Waals surface area contributed by atoms with E-state index in [-0.39, 0.29) is 0 Å². The van der Waals surface area contributed by atoms with Crippen molar-refractivity contribution in [2.75, 3.05) is 0 Å². The summed E-state index contributed by atoms with van der Waals surface area (Å²) in [6.45, 7) is 5.00. The van der Waals surface area contributed by atoms with E-state index in [4.69, 9.17) is 0 Å². The van der Waals surface area contributed by atoms with Crippen molar-refractivity contribution in [2.24, 2.45) is 29.2 Å². The van der Waals surface area contributed by atoms with Crippen LogP contribution in [0.5, 0.6) is 0 Å². The molecule has 3 atom stereocenters. The maximum absolute atomic E-state index is 10.7. The lowest BCUT2D eigenvalue weighted by Gasteiger charge is -2.66. The van der Waals surface area contributed by atoms with Gasteiger partial charge in [-0.3, -0.25) is 4.68 Å². The van der Waals surface area contributed by atoms with Gasteiger partial charge in [0.15, 0.2) is 0 Å². The number of aryl methyl sites for hydroxylation is 1. The fourth-order valence-corrected chi connectivity index (χ4v) is 7.04. The molecule has 4 aliphatic rings. The van der Waals surface area contributed by atoms with Gasteiger partial charge in [0.05, 0.1) is 11.8 Å². The topological polar surface area (TPSA) is 38.0 Å². The van der Waals surface area contributed by atoms with Gasteiger partial charge in [0.25, 0.3) is 0 Å². The Kier molecular flexibility index (Phi) is 2.71. The number of aliphatic hydroxyl groups excluding tert-OH is 1. The molecule has 116 valence electrons. The van der Waals surface area contributed by atoms with E-state index >= 15 is 0 Å². The molecule has 4 aliphatic carbocycles. The largest absolute Gasteiger partial charge is 0.387 e. The molecule has 4 saturated carbocycles. The van der Waals surface area contributed by atoms with Gasteiger partial charge in [0.2, 0.25) is 0 Å². The second-order valence-corrected chi connectivity index (χ2v) is 9.26. The molecule has 5 rings (SSSR count). The van der Waals surface area contributed by atoms with Crippen LogP contribution in [0.1, 0.15) is 70.6 Å². The molecule has 0 amide bonds. The SMILES string of the molecule is Cn1ccc(C(O)CC23CC4CC(C)(CC(C)(C4)C2)C3)n1. The van der Waals surface area contributed by atoms with Crippen molar-refractivity contribution in [3.8, 4) is 0 Å². The maximum atomic E-state index is 10.7. The Morgan fingerprint density at radius 2 is 1.90 bits per heavy atom. The fourth-order valence-electron chi connectivity index (χ4n) is 7.04. The van der Waals surface area contributed by atoms with Gasteiger partial charge in [-0.1, -0.05) is 13.8 Å². The quantitative estimate of drug-likeness (QED) is 0.917. The fraction of sp³-hybridized carbons (Fsp3) is 0.833. The zero-order chi connectivity index (χ0) is 14.9. The second-order valence-electron chi connectivity index (χ2n) is 9.26. The lowest BCUT2D eigenvalue weighted by molar-refractivity contribution is -0.157. The van der Waals surface area contributed by atoms with Crippen molar-refractivity contribution in [1.82, 2.24) is 9.78 Å². The summed E-state index contributed by atoms with van der Waals surface area (Å²) in [7, 11) is 1.92. The molecule has 0 spiro atoms. The first kappa shape index (κ1) is 13.8. The predicted octanol–water partition coefficient (Wildman–Crippen LogP) is 3.84. The molecule has 3 heteroatoms. The minimum Gasteiger partial charge on any atom is -0.387 e. The van der Waals surface area contributed by atoms with Crippen molar-refractivity contribution in [1.29, 1.82) is 0 Å². The summed E-state index contributed by atoms with van der Waals surface area (Å²) in [5.41, 5.74) is 2.26. The molecule has 3 nitrogen and oxygen atoms in total. The molecule has 4 bridgehead atoms. The molecular formula is C18H28N2O. The van der Waals surface area contributed by atoms with E-state index in [2.05, 4.69) is 18.9 Å². The van der Waals surface area contributed by atoms with E-state index in [9.17, 15) is 5.11 Å². The van der Waals surface area contributed by atoms with Crippen molar-refractivity contribution >= 4 is 0 Å². The first-order chi connectivity index (χ1) is 9.79. The smallest absolute Gasteiger partial charge is 0.0983 e. The van der Waals surface area contributed by atoms with Crippen molar-refractivity contribution in [3.05, 3.63) is 18.0 Å². The summed E-state index contributed by atoms with van der Waals surface area (Å²) in [4.78, 5) is 0. The first-order valence-electron chi connectivity index (χ1n) is 8.47. The zero-order valence-electron chi connectivity index (χ0n) is 13.6. The highest BCUT2D eigenvalue weighted by Gasteiger charge is 2.60. The second kappa shape index (κ2) is 4.13. The molecule has 1 N–H and O–H groups in total. The van der Waals surface area contributed by atoms with Crippen LogP contribution in [0.25, 0.3) is 0 Å². The lowest BCUT2D eigenvalue weighted by atomic mass is 9.39. The Labute approximate surface area is 127 Å². The maximum Gasteiger partial charge on any atom is 0.0983 e. The molecule has 3 unspecified atom stereocenters. The number of hydrogen-bond acceptors (Lipinski definition) is 2. The summed E-state index contributed by atoms with van der Waals surface area (Å²) < 4.78 is 1.79. The number of aliphatic hydroxyl groups is 1. The van der Waals surface area contributed by atoms with Crippen LogP contribution in [0, 0.1) is 22.2 Å². The Morgan fingerprint density at radius 1 is 1.24 bits per heavy atom. The molecule has 0 saturated heterocycles. The molecule has 4 fully saturated rings. The Hall–Kier alpha value is -0.830. The lowest BCUT2D eigenvalue weighted by Crippen LogP contribution is -2.55. The Morgan fingerprint density at radius 3 is 2.43 bits per heavy atom. The summed E-state index contributed by atoms with van der Waals surface area (Å²) in [5.74, 6) is 0.896. The van der Waals surface area contributed by atoms with Crippen LogP contribution in [0.15, 0.2) is 12.3 Å². The number of rotatable bonds is 3. The van der Waals surface area contributed by atoms with E-state index in [1.54, 1.807) is 4.68 Å². The van der Waals surface area contributed by atoms with Gasteiger partial charge in [-0.05, 0) is 73.2 Å². The third-order valence-corrected chi connectivity index (χ3v) is 6.44. The van der Waals surface area contributed by atoms with E-state index in [1.807, 2.05) is 19.3 Å². The minimum atomic E-state index is -0.394. The molecule has 0 aromatic carbocycles. The van der Waals surface area contributed by atoms with Crippen molar-refractivity contribution in [3.63, 3.8) is 0 Å². The highest BCUT2D eigenvalue weighted by molar-refractivity contribution is 5.12. The van der Waals surface area contributed by atoms with Crippen LogP contribution in [-0.4, -0.2) is 14.9 Å². The van der Waals surface area contributed by atoms with Crippen molar-refractivity contribution in [2.45, 2.75) is 64.9 Å². The number of hydrogen-bond donors (Lipinski definition) is 1. The minimum absolute atomic E-state index is 0.361. The van der Waals surface area contributed by atoms with Gasteiger partial charge >= 0.3 is 0 Å². The summed E-state index contributed by atoms with van der Waals surface area (Å²) >= 11 is 0. The molecule has 21 heavy (non-hydrogen) atoms. The normalized spacial score (nSPS) is 46.0. The molecule has 1 aromatic rings. The average molecular weight is 288 g/mol. The Bertz CT molecular complexity index is 545. The molecule has 1 aromatic heterocycles. The van der Waals surface area contributed by atoms with Crippen LogP contribution >= 0.6 is 0 Å². The number of aromatic nitrogens is 2. The highest BCUT2D eigenvalue weighted by Crippen LogP contribution is 2.71. The molecule has 0 radical (unpaired) electrons. The van der Waals surface area contributed by atoms with Crippen LogP contribution in [0.3, 0.4) is 0 Å². The first-order valence-corrected chi connectivity index (χ1v) is 8.47. The third kappa shape index (κ3) is 2.25. The predicted molar refractivity (Wildman–Crippen MR) is 82.6 cm³/mol. The van der Waals surface area contributed by atoms with Gasteiger partial charge < -0.3 is 5.11 Å². The monoisotopic (exact) mass is 288 g/mol. The van der Waals surface area contributed by atoms with Crippen LogP contribution in [-0.2, 0) is 7.05 Å². The van der Waals surface area contributed by atoms with E-state index in [0.29, 0.717) is 16.2 Å². The average Bonchev–Trinajstić information content (AvgIpc) is 2.70. The number of nitrogens with zero attached hydrogens (tertiary/aromatic N) is 2. The summed E-state index contributed by atoms with van der Waals surface area (Å²) in [6.07, 6.45) is 10.7. The standard InChI is InChI=1S/C18H28N2O/c1-16-6-13-7-17(2,10-16)12-18(8-13,11-16)9-15(21)14-4-5-20(3)19-14/h4-5,13,15,21H,6-12H2,1-3H3. The molecule has 1 heterocycles. The van der Waals surface area contributed by atoms with Gasteiger partial charge in [-0.15, -0.1) is 0 Å². The van der Waals surface area contributed by atoms with E-state index < -0.39 is 6.10 Å². The van der Waals surface area contributed by atoms with E-state index in [1.165, 1.54) is 38.5 Å². The van der Waals surface area contributed by atoms with Crippen LogP contribution in [0.2, 0.25) is 0 Å². The highest BCUT2D eigenvalue weighted by atomic mass is 16.3. The molecular weight excluding hydrogens is 260 g/mol. The van der Waals surface area contributed by atoms with Crippen LogP contribution in [0.4, 0.5) is 0 Å². The van der Waals surface area contributed by atoms with Gasteiger partial charge in [0.1, 0.15) is 0 Å². The van der Waals surface area contributed by atoms with E-state index in [0.717, 1.165) is 18.0 Å². The van der Waals surface area contributed by atoms with Crippen molar-refractivity contribution < 1.29 is 5.11 Å². The summed E-state index contributed by atoms with van der Waals surface area (Å²) in [6, 6.07) is 1.97. The van der Waals surface area contributed by atoms with Gasteiger partial charge in [-0.25, -0.2) is 0 Å². The third-order valence-electron chi connectivity index (χ3n) is 6.44. The zero-order valence-corrected chi connectivity index (χ0v) is 13.6. The summed E-state index contributed by atoms with van der Waals surface area (Å²) in [5, 5.41) is 15.1. The molecule has 0 aliphatic heterocycles. The van der Waals surface area contributed by atoms with Crippen LogP contribution < -0.4 is 0 Å². The van der Waals surface area contributed by atoms with Gasteiger partial charge in [0, 0.05) is 13.2 Å². The van der Waals surface area contributed by atoms with Gasteiger partial charge in [-0.2, -0.15) is 5.10 Å². The Balaban J connectivity index is 1.59.